The number of hydrogen-bond donors (Lipinski definition) is 1. The Labute approximate surface area is 92.4 Å². The molecule has 0 aliphatic heterocycles. The lowest BCUT2D eigenvalue weighted by Gasteiger charge is -2.31. The number of carbonyl (C=O) groups is 1. The smallest absolute Gasteiger partial charge is 0.417 e. The topological polar surface area (TPSA) is 52.3 Å². The van der Waals surface area contributed by atoms with E-state index in [1.165, 1.54) is 20.8 Å². The summed E-state index contributed by atoms with van der Waals surface area (Å²) in [5.41, 5.74) is 1.02. The van der Waals surface area contributed by atoms with Crippen molar-refractivity contribution in [2.45, 2.75) is 44.5 Å². The molecule has 0 saturated heterocycles. The quantitative estimate of drug-likeness (QED) is 0.606. The minimum Gasteiger partial charge on any atom is -0.458 e. The van der Waals surface area contributed by atoms with Gasteiger partial charge in [0.05, 0.1) is 0 Å². The zero-order chi connectivity index (χ0) is 13.2. The van der Waals surface area contributed by atoms with Crippen LogP contribution in [0.1, 0.15) is 27.2 Å². The second kappa shape index (κ2) is 4.45. The van der Waals surface area contributed by atoms with Crippen molar-refractivity contribution in [1.29, 1.82) is 0 Å². The van der Waals surface area contributed by atoms with Gasteiger partial charge in [0.1, 0.15) is 5.60 Å². The molecule has 0 aromatic rings. The van der Waals surface area contributed by atoms with Gasteiger partial charge in [0, 0.05) is 6.42 Å². The van der Waals surface area contributed by atoms with Crippen LogP contribution in [0.25, 0.3) is 0 Å². The van der Waals surface area contributed by atoms with Crippen molar-refractivity contribution in [2.75, 3.05) is 0 Å². The van der Waals surface area contributed by atoms with E-state index in [1.807, 2.05) is 0 Å². The highest BCUT2D eigenvalue weighted by Crippen LogP contribution is 2.33. The fourth-order valence-corrected chi connectivity index (χ4v) is 0.912. The van der Waals surface area contributed by atoms with Crippen molar-refractivity contribution in [2.24, 2.45) is 5.73 Å². The highest BCUT2D eigenvalue weighted by Gasteiger charge is 2.58. The maximum atomic E-state index is 12.6. The summed E-state index contributed by atoms with van der Waals surface area (Å²) in [5.74, 6) is -1.49. The van der Waals surface area contributed by atoms with Gasteiger partial charge in [0.15, 0.2) is 0 Å². The van der Waals surface area contributed by atoms with Crippen molar-refractivity contribution in [1.82, 2.24) is 0 Å². The molecule has 2 N–H and O–H groups in total. The van der Waals surface area contributed by atoms with Gasteiger partial charge in [-0.05, 0) is 20.8 Å². The van der Waals surface area contributed by atoms with Crippen molar-refractivity contribution < 1.29 is 22.7 Å². The summed E-state index contributed by atoms with van der Waals surface area (Å²) in [5, 5.41) is 0. The number of esters is 1. The summed E-state index contributed by atoms with van der Waals surface area (Å²) in [6, 6.07) is 0. The molecule has 0 rings (SSSR count). The molecular formula is C10H16F3NO2. The SMILES string of the molecule is C=CCC(N)(C(=O)OC(C)(C)C)C(F)(F)F. The highest BCUT2D eigenvalue weighted by atomic mass is 19.4. The van der Waals surface area contributed by atoms with E-state index in [4.69, 9.17) is 5.73 Å². The van der Waals surface area contributed by atoms with Crippen molar-refractivity contribution >= 4 is 5.97 Å². The molecule has 6 heteroatoms. The van der Waals surface area contributed by atoms with E-state index >= 15 is 0 Å². The second-order valence-corrected chi connectivity index (χ2v) is 4.46. The minimum absolute atomic E-state index is 0.717. The Morgan fingerprint density at radius 2 is 1.81 bits per heavy atom. The lowest BCUT2D eigenvalue weighted by Crippen LogP contribution is -2.61. The molecule has 1 unspecified atom stereocenters. The average Bonchev–Trinajstić information content (AvgIpc) is 1.98. The Balaban J connectivity index is 5.07. The molecule has 0 heterocycles. The predicted molar refractivity (Wildman–Crippen MR) is 53.6 cm³/mol. The van der Waals surface area contributed by atoms with Gasteiger partial charge in [0.2, 0.25) is 5.54 Å². The Hall–Kier alpha value is -1.04. The van der Waals surface area contributed by atoms with E-state index in [1.54, 1.807) is 0 Å². The summed E-state index contributed by atoms with van der Waals surface area (Å²) in [6.07, 6.45) is -4.65. The normalized spacial score (nSPS) is 16.4. The number of carbonyl (C=O) groups excluding carboxylic acids is 1. The van der Waals surface area contributed by atoms with Crippen LogP contribution in [-0.4, -0.2) is 23.3 Å². The van der Waals surface area contributed by atoms with E-state index in [0.29, 0.717) is 0 Å². The molecule has 94 valence electrons. The standard InChI is InChI=1S/C10H16F3NO2/c1-5-6-9(14,10(11,12)13)7(15)16-8(2,3)4/h5H,1,6,14H2,2-4H3. The largest absolute Gasteiger partial charge is 0.458 e. The van der Waals surface area contributed by atoms with Crippen LogP contribution in [0.4, 0.5) is 13.2 Å². The van der Waals surface area contributed by atoms with Crippen LogP contribution >= 0.6 is 0 Å². The molecule has 0 aliphatic carbocycles. The van der Waals surface area contributed by atoms with E-state index < -0.39 is 29.7 Å². The molecule has 0 saturated carbocycles. The zero-order valence-electron chi connectivity index (χ0n) is 9.52. The molecule has 0 fully saturated rings. The van der Waals surface area contributed by atoms with Crippen LogP contribution in [0.3, 0.4) is 0 Å². The fraction of sp³-hybridized carbons (Fsp3) is 0.700. The average molecular weight is 239 g/mol. The second-order valence-electron chi connectivity index (χ2n) is 4.46. The van der Waals surface area contributed by atoms with Crippen LogP contribution in [-0.2, 0) is 9.53 Å². The fourth-order valence-electron chi connectivity index (χ4n) is 0.912. The first-order chi connectivity index (χ1) is 6.94. The third kappa shape index (κ3) is 3.52. The Morgan fingerprint density at radius 3 is 2.06 bits per heavy atom. The molecule has 1 atom stereocenters. The monoisotopic (exact) mass is 239 g/mol. The van der Waals surface area contributed by atoms with E-state index in [9.17, 15) is 18.0 Å². The summed E-state index contributed by atoms with van der Waals surface area (Å²) in [6.45, 7) is 7.55. The first kappa shape index (κ1) is 15.0. The van der Waals surface area contributed by atoms with Crippen molar-refractivity contribution in [3.63, 3.8) is 0 Å². The number of hydrogen-bond acceptors (Lipinski definition) is 3. The number of rotatable bonds is 3. The third-order valence-electron chi connectivity index (χ3n) is 1.74. The summed E-state index contributed by atoms with van der Waals surface area (Å²) in [7, 11) is 0. The molecule has 0 aromatic heterocycles. The maximum Gasteiger partial charge on any atom is 0.417 e. The van der Waals surface area contributed by atoms with Crippen LogP contribution in [0.15, 0.2) is 12.7 Å². The third-order valence-corrected chi connectivity index (χ3v) is 1.74. The Bertz CT molecular complexity index is 281. The lowest BCUT2D eigenvalue weighted by atomic mass is 9.95. The van der Waals surface area contributed by atoms with Crippen molar-refractivity contribution in [3.05, 3.63) is 12.7 Å². The molecule has 0 spiro atoms. The number of ether oxygens (including phenoxy) is 1. The first-order valence-electron chi connectivity index (χ1n) is 4.64. The maximum absolute atomic E-state index is 12.6. The van der Waals surface area contributed by atoms with Gasteiger partial charge in [-0.2, -0.15) is 13.2 Å². The van der Waals surface area contributed by atoms with Gasteiger partial charge in [-0.1, -0.05) is 6.08 Å². The molecule has 0 bridgehead atoms. The van der Waals surface area contributed by atoms with Gasteiger partial charge < -0.3 is 10.5 Å². The van der Waals surface area contributed by atoms with Gasteiger partial charge in [-0.3, -0.25) is 0 Å². The summed E-state index contributed by atoms with van der Waals surface area (Å²) < 4.78 is 42.6. The van der Waals surface area contributed by atoms with Gasteiger partial charge in [-0.15, -0.1) is 6.58 Å². The number of alkyl halides is 3. The van der Waals surface area contributed by atoms with E-state index in [2.05, 4.69) is 11.3 Å². The predicted octanol–water partition coefficient (Wildman–Crippen LogP) is 2.16. The van der Waals surface area contributed by atoms with Crippen LogP contribution in [0.2, 0.25) is 0 Å². The van der Waals surface area contributed by atoms with Crippen molar-refractivity contribution in [3.8, 4) is 0 Å². The van der Waals surface area contributed by atoms with Gasteiger partial charge in [0.25, 0.3) is 0 Å². The molecule has 16 heavy (non-hydrogen) atoms. The van der Waals surface area contributed by atoms with E-state index in [0.717, 1.165) is 6.08 Å². The molecule has 0 aliphatic rings. The number of halogens is 3. The summed E-state index contributed by atoms with van der Waals surface area (Å²) >= 11 is 0. The minimum atomic E-state index is -4.87. The van der Waals surface area contributed by atoms with Crippen LogP contribution < -0.4 is 5.73 Å². The molecule has 0 amide bonds. The highest BCUT2D eigenvalue weighted by molar-refractivity contribution is 5.82. The molecule has 0 radical (unpaired) electrons. The zero-order valence-corrected chi connectivity index (χ0v) is 9.52. The van der Waals surface area contributed by atoms with E-state index in [-0.39, 0.29) is 0 Å². The van der Waals surface area contributed by atoms with Gasteiger partial charge >= 0.3 is 12.1 Å². The lowest BCUT2D eigenvalue weighted by molar-refractivity contribution is -0.211. The first-order valence-corrected chi connectivity index (χ1v) is 4.64. The van der Waals surface area contributed by atoms with Crippen LogP contribution in [0.5, 0.6) is 0 Å². The number of nitrogens with two attached hydrogens (primary N) is 1. The summed E-state index contributed by atoms with van der Waals surface area (Å²) in [4.78, 5) is 11.4. The van der Waals surface area contributed by atoms with Crippen LogP contribution in [0, 0.1) is 0 Å². The Kier molecular flexibility index (Phi) is 4.16. The molecule has 3 nitrogen and oxygen atoms in total. The van der Waals surface area contributed by atoms with Gasteiger partial charge in [-0.25, -0.2) is 4.79 Å². The molecule has 0 aromatic carbocycles. The Morgan fingerprint density at radius 1 is 1.38 bits per heavy atom. The molecular weight excluding hydrogens is 223 g/mol.